The number of nitrogens with one attached hydrogen (secondary N) is 5. The van der Waals surface area contributed by atoms with Crippen molar-refractivity contribution in [1.29, 1.82) is 0 Å². The number of amides is 5. The number of hydrogen-bond donors (Lipinski definition) is 5. The molecule has 5 amide bonds. The van der Waals surface area contributed by atoms with E-state index in [1.165, 1.54) is 71.7 Å². The third-order valence-electron chi connectivity index (χ3n) is 11.2. The van der Waals surface area contributed by atoms with E-state index in [2.05, 4.69) is 41.5 Å². The van der Waals surface area contributed by atoms with Crippen LogP contribution in [0.3, 0.4) is 0 Å². The summed E-state index contributed by atoms with van der Waals surface area (Å²) < 4.78 is 85.8. The van der Waals surface area contributed by atoms with Gasteiger partial charge in [0.25, 0.3) is 11.8 Å². The molecule has 16 nitrogen and oxygen atoms in total. The molecule has 0 aliphatic rings. The van der Waals surface area contributed by atoms with E-state index in [-0.39, 0.29) is 48.5 Å². The number of carbonyl (C=O) groups excluding carboxylic acids is 4. The first-order valence-electron chi connectivity index (χ1n) is 24.1. The van der Waals surface area contributed by atoms with Gasteiger partial charge in [-0.1, -0.05) is 12.1 Å². The van der Waals surface area contributed by atoms with E-state index in [1.807, 2.05) is 0 Å². The quantitative estimate of drug-likeness (QED) is 0.0486. The van der Waals surface area contributed by atoms with E-state index < -0.39 is 58.9 Å². The molecule has 0 saturated carbocycles. The van der Waals surface area contributed by atoms with Gasteiger partial charge in [0.05, 0.1) is 35.6 Å². The van der Waals surface area contributed by atoms with E-state index in [0.29, 0.717) is 45.5 Å². The maximum absolute atomic E-state index is 14.0. The molecule has 400 valence electrons. The molecule has 5 N–H and O–H groups in total. The third kappa shape index (κ3) is 15.8. The molecule has 2 unspecified atom stereocenters. The van der Waals surface area contributed by atoms with Crippen molar-refractivity contribution in [3.63, 3.8) is 0 Å². The Balaban J connectivity index is 0.928. The van der Waals surface area contributed by atoms with Crippen LogP contribution in [0, 0.1) is 11.6 Å². The molecule has 5 aromatic carbocycles. The van der Waals surface area contributed by atoms with E-state index in [0.717, 1.165) is 24.3 Å². The van der Waals surface area contributed by atoms with Gasteiger partial charge >= 0.3 is 12.2 Å². The summed E-state index contributed by atoms with van der Waals surface area (Å²) in [6, 6.07) is 35.2. The number of aromatic nitrogens is 4. The summed E-state index contributed by atoms with van der Waals surface area (Å²) in [6.07, 6.45) is -1.94. The van der Waals surface area contributed by atoms with Crippen LogP contribution in [0.1, 0.15) is 42.4 Å². The minimum absolute atomic E-state index is 0.116. The zero-order chi connectivity index (χ0) is 55.4. The predicted molar refractivity (Wildman–Crippen MR) is 279 cm³/mol. The van der Waals surface area contributed by atoms with Crippen LogP contribution in [0.5, 0.6) is 23.0 Å². The van der Waals surface area contributed by atoms with Crippen molar-refractivity contribution in [2.45, 2.75) is 57.7 Å². The molecule has 0 radical (unpaired) electrons. The Morgan fingerprint density at radius 1 is 0.590 bits per heavy atom. The highest BCUT2D eigenvalue weighted by atomic mass is 19.4. The fourth-order valence-electron chi connectivity index (χ4n) is 7.47. The molecule has 0 aliphatic carbocycles. The molecular weight excluding hydrogens is 1020 g/mol. The van der Waals surface area contributed by atoms with Crippen LogP contribution in [-0.4, -0.2) is 67.5 Å². The Hall–Kier alpha value is -9.50. The summed E-state index contributed by atoms with van der Waals surface area (Å²) in [5.41, 5.74) is 0.877. The molecule has 78 heavy (non-hydrogen) atoms. The van der Waals surface area contributed by atoms with Gasteiger partial charge in [0.15, 0.2) is 0 Å². The number of anilines is 2. The highest BCUT2D eigenvalue weighted by molar-refractivity contribution is 6.01. The number of imidazole rings is 1. The Labute approximate surface area is 444 Å². The van der Waals surface area contributed by atoms with E-state index >= 15 is 0 Å². The monoisotopic (exact) mass is 1070 g/mol. The zero-order valence-electron chi connectivity index (χ0n) is 42.0. The van der Waals surface area contributed by atoms with E-state index in [1.54, 1.807) is 99.6 Å². The number of ether oxygens (including phenoxy) is 3. The van der Waals surface area contributed by atoms with E-state index in [9.17, 15) is 41.1 Å². The van der Waals surface area contributed by atoms with Crippen molar-refractivity contribution in [3.05, 3.63) is 199 Å². The molecule has 2 atom stereocenters. The van der Waals surface area contributed by atoms with Gasteiger partial charge in [0.2, 0.25) is 5.91 Å². The first-order valence-corrected chi connectivity index (χ1v) is 24.1. The normalized spacial score (nSPS) is 12.2. The van der Waals surface area contributed by atoms with Crippen LogP contribution in [0.4, 0.5) is 38.4 Å². The SMILES string of the molecule is CC(C)(C)NC(=O)NC(COCn1cnc(CC(NC(=O)c2ccc(C(F)(F)F)cc2)C(=O)Nc2cccc(-c3ccc(Oc4ccc(F)cc4)cc3)n2)c1)C(=O)Nc1cccc(-c2ccc(Oc3ccc(F)cc3)cc2)n1. The van der Waals surface area contributed by atoms with Crippen LogP contribution in [0.2, 0.25) is 0 Å². The van der Waals surface area contributed by atoms with Crippen LogP contribution < -0.4 is 36.1 Å². The largest absolute Gasteiger partial charge is 0.457 e. The lowest BCUT2D eigenvalue weighted by Crippen LogP contribution is -2.54. The predicted octanol–water partition coefficient (Wildman–Crippen LogP) is 10.9. The van der Waals surface area contributed by atoms with Crippen LogP contribution in [0.15, 0.2) is 170 Å². The van der Waals surface area contributed by atoms with Crippen LogP contribution >= 0.6 is 0 Å². The molecule has 0 aliphatic heterocycles. The molecule has 3 heterocycles. The van der Waals surface area contributed by atoms with Gasteiger partial charge in [0.1, 0.15) is 65.1 Å². The molecule has 8 rings (SSSR count). The summed E-state index contributed by atoms with van der Waals surface area (Å²) in [5.74, 6) is -0.827. The van der Waals surface area contributed by atoms with Gasteiger partial charge in [-0.3, -0.25) is 14.4 Å². The Morgan fingerprint density at radius 3 is 1.54 bits per heavy atom. The van der Waals surface area contributed by atoms with Gasteiger partial charge in [-0.2, -0.15) is 13.2 Å². The summed E-state index contributed by atoms with van der Waals surface area (Å²) >= 11 is 0. The third-order valence-corrected chi connectivity index (χ3v) is 11.2. The number of rotatable bonds is 19. The summed E-state index contributed by atoms with van der Waals surface area (Å²) in [5, 5.41) is 13.5. The van der Waals surface area contributed by atoms with Crippen molar-refractivity contribution < 1.29 is 55.3 Å². The summed E-state index contributed by atoms with van der Waals surface area (Å²) in [6.45, 7) is 4.78. The minimum Gasteiger partial charge on any atom is -0.457 e. The number of pyridine rings is 2. The van der Waals surface area contributed by atoms with Gasteiger partial charge in [-0.25, -0.2) is 28.5 Å². The number of benzene rings is 5. The summed E-state index contributed by atoms with van der Waals surface area (Å²) in [7, 11) is 0. The van der Waals surface area contributed by atoms with Gasteiger partial charge < -0.3 is 45.4 Å². The maximum atomic E-state index is 14.0. The molecule has 0 bridgehead atoms. The van der Waals surface area contributed by atoms with Gasteiger partial charge in [0, 0.05) is 34.8 Å². The number of nitrogens with zero attached hydrogens (tertiary/aromatic N) is 4. The highest BCUT2D eigenvalue weighted by Gasteiger charge is 2.31. The number of halogens is 5. The van der Waals surface area contributed by atoms with Gasteiger partial charge in [-0.05, 0) is 166 Å². The second-order valence-corrected chi connectivity index (χ2v) is 18.5. The lowest BCUT2D eigenvalue weighted by atomic mass is 10.1. The second kappa shape index (κ2) is 24.4. The standard InChI is InChI=1S/C57H50F5N9O7/c1-56(2,3)70-55(75)67-49(54(74)69-51-9-5-7-47(65-51)36-14-24-43(25-15-36)78-45-28-20-40(59)21-29-45)32-76-34-71-31-41(63-33-71)30-48(66-52(72)37-10-16-38(17-11-37)57(60,61)62)53(73)68-50-8-4-6-46(64-50)35-12-22-42(23-13-35)77-44-26-18-39(58)19-27-44/h4-29,31,33,48-49H,30,32,34H2,1-3H3,(H,66,72)(H,64,68,73)(H,65,69,74)(H2,67,70,75). The summed E-state index contributed by atoms with van der Waals surface area (Å²) in [4.78, 5) is 68.0. The number of urea groups is 1. The molecule has 8 aromatic rings. The first-order chi connectivity index (χ1) is 37.3. The number of alkyl halides is 3. The van der Waals surface area contributed by atoms with Crippen molar-refractivity contribution in [3.8, 4) is 45.5 Å². The molecular formula is C57H50F5N9O7. The fourth-order valence-corrected chi connectivity index (χ4v) is 7.47. The minimum atomic E-state index is -4.64. The second-order valence-electron chi connectivity index (χ2n) is 18.5. The van der Waals surface area contributed by atoms with Crippen molar-refractivity contribution >= 4 is 35.4 Å². The van der Waals surface area contributed by atoms with Crippen molar-refractivity contribution in [2.24, 2.45) is 0 Å². The molecule has 0 spiro atoms. The molecule has 0 fully saturated rings. The molecule has 3 aromatic heterocycles. The van der Waals surface area contributed by atoms with Crippen molar-refractivity contribution in [2.75, 3.05) is 17.2 Å². The average molecular weight is 1070 g/mol. The number of carbonyl (C=O) groups is 4. The smallest absolute Gasteiger partial charge is 0.416 e. The Kier molecular flexibility index (Phi) is 17.2. The maximum Gasteiger partial charge on any atom is 0.416 e. The Bertz CT molecular complexity index is 3350. The lowest BCUT2D eigenvalue weighted by molar-refractivity contribution is -0.137. The Morgan fingerprint density at radius 2 is 1.06 bits per heavy atom. The average Bonchev–Trinajstić information content (AvgIpc) is 3.87. The zero-order valence-corrected chi connectivity index (χ0v) is 42.0. The van der Waals surface area contributed by atoms with Crippen LogP contribution in [-0.2, 0) is 33.7 Å². The molecule has 21 heteroatoms. The topological polar surface area (TPSA) is 200 Å². The van der Waals surface area contributed by atoms with Gasteiger partial charge in [-0.15, -0.1) is 0 Å². The lowest BCUT2D eigenvalue weighted by Gasteiger charge is -2.24. The number of hydrogen-bond acceptors (Lipinski definition) is 10. The fraction of sp³-hybridized carbons (Fsp3) is 0.175. The highest BCUT2D eigenvalue weighted by Crippen LogP contribution is 2.30. The van der Waals surface area contributed by atoms with Crippen LogP contribution in [0.25, 0.3) is 22.5 Å². The van der Waals surface area contributed by atoms with E-state index in [4.69, 9.17) is 14.2 Å². The first kappa shape index (κ1) is 54.8. The molecule has 0 saturated heterocycles. The van der Waals surface area contributed by atoms with Crippen molar-refractivity contribution in [1.82, 2.24) is 35.5 Å².